The van der Waals surface area contributed by atoms with E-state index in [1.807, 2.05) is 0 Å². The van der Waals surface area contributed by atoms with Gasteiger partial charge in [0.1, 0.15) is 0 Å². The van der Waals surface area contributed by atoms with Gasteiger partial charge in [0.15, 0.2) is 0 Å². The third kappa shape index (κ3) is 2.03. The van der Waals surface area contributed by atoms with Gasteiger partial charge < -0.3 is 10.6 Å². The third-order valence-electron chi connectivity index (χ3n) is 4.23. The van der Waals surface area contributed by atoms with E-state index in [-0.39, 0.29) is 29.2 Å². The number of benzene rings is 1. The minimum Gasteiger partial charge on any atom is -0.399 e. The molecule has 1 aliphatic carbocycles. The van der Waals surface area contributed by atoms with Crippen LogP contribution in [0.5, 0.6) is 0 Å². The number of fused-ring (bicyclic) bond motifs is 3. The number of rotatable bonds is 1. The summed E-state index contributed by atoms with van der Waals surface area (Å²) in [5, 5.41) is 0. The van der Waals surface area contributed by atoms with Crippen molar-refractivity contribution in [1.82, 2.24) is 0 Å². The molecular weight excluding hydrogens is 269 g/mol. The van der Waals surface area contributed by atoms with Crippen LogP contribution < -0.4 is 10.6 Å². The Bertz CT molecular complexity index is 548. The summed E-state index contributed by atoms with van der Waals surface area (Å²) < 4.78 is 39.5. The molecule has 108 valence electrons. The van der Waals surface area contributed by atoms with Crippen LogP contribution in [0, 0.1) is 5.92 Å². The van der Waals surface area contributed by atoms with Gasteiger partial charge in [-0.3, -0.25) is 4.79 Å². The van der Waals surface area contributed by atoms with Gasteiger partial charge in [-0.05, 0) is 43.9 Å². The van der Waals surface area contributed by atoms with Crippen LogP contribution in [0.3, 0.4) is 0 Å². The SMILES string of the molecule is Nc1ccc(N2C(=O)C3CCC2CC3)c(C(F)(F)F)c1. The lowest BCUT2D eigenvalue weighted by atomic mass is 9.78. The fourth-order valence-corrected chi connectivity index (χ4v) is 3.26. The zero-order valence-electron chi connectivity index (χ0n) is 10.8. The van der Waals surface area contributed by atoms with Crippen molar-refractivity contribution >= 4 is 17.3 Å². The average Bonchev–Trinajstić information content (AvgIpc) is 2.40. The zero-order chi connectivity index (χ0) is 14.5. The Morgan fingerprint density at radius 2 is 1.80 bits per heavy atom. The van der Waals surface area contributed by atoms with Gasteiger partial charge in [0, 0.05) is 17.6 Å². The highest BCUT2D eigenvalue weighted by molar-refractivity contribution is 5.98. The van der Waals surface area contributed by atoms with Gasteiger partial charge in [0.25, 0.3) is 0 Å². The summed E-state index contributed by atoms with van der Waals surface area (Å²) in [7, 11) is 0. The van der Waals surface area contributed by atoms with Crippen LogP contribution in [0.2, 0.25) is 0 Å². The summed E-state index contributed by atoms with van der Waals surface area (Å²) in [4.78, 5) is 13.6. The van der Waals surface area contributed by atoms with E-state index in [4.69, 9.17) is 5.73 Å². The number of carbonyl (C=O) groups excluding carboxylic acids is 1. The zero-order valence-corrected chi connectivity index (χ0v) is 10.8. The van der Waals surface area contributed by atoms with Crippen molar-refractivity contribution in [3.8, 4) is 0 Å². The molecule has 0 aromatic heterocycles. The lowest BCUT2D eigenvalue weighted by Crippen LogP contribution is -2.53. The number of halogens is 3. The number of alkyl halides is 3. The number of hydrogen-bond acceptors (Lipinski definition) is 2. The standard InChI is InChI=1S/C14H15F3N2O/c15-14(16,17)11-7-9(18)3-6-12(11)19-10-4-1-8(2-5-10)13(19)20/h3,6-8,10H,1-2,4-5,18H2. The van der Waals surface area contributed by atoms with Crippen LogP contribution in [-0.2, 0) is 11.0 Å². The maximum absolute atomic E-state index is 13.2. The van der Waals surface area contributed by atoms with Crippen LogP contribution in [0.4, 0.5) is 24.5 Å². The topological polar surface area (TPSA) is 46.3 Å². The summed E-state index contributed by atoms with van der Waals surface area (Å²) in [6.07, 6.45) is -1.38. The predicted octanol–water partition coefficient (Wildman–Crippen LogP) is 3.19. The van der Waals surface area contributed by atoms with Gasteiger partial charge >= 0.3 is 6.18 Å². The number of nitrogens with zero attached hydrogens (tertiary/aromatic N) is 1. The minimum atomic E-state index is -4.51. The highest BCUT2D eigenvalue weighted by Gasteiger charge is 2.44. The Morgan fingerprint density at radius 3 is 2.35 bits per heavy atom. The molecule has 0 atom stereocenters. The Labute approximate surface area is 114 Å². The van der Waals surface area contributed by atoms with Crippen molar-refractivity contribution in [3.05, 3.63) is 23.8 Å². The largest absolute Gasteiger partial charge is 0.418 e. The van der Waals surface area contributed by atoms with E-state index < -0.39 is 11.7 Å². The summed E-state index contributed by atoms with van der Waals surface area (Å²) in [5.41, 5.74) is 4.64. The second-order valence-corrected chi connectivity index (χ2v) is 5.49. The van der Waals surface area contributed by atoms with E-state index in [2.05, 4.69) is 0 Å². The highest BCUT2D eigenvalue weighted by Crippen LogP contribution is 2.44. The number of anilines is 2. The molecule has 3 aliphatic rings. The van der Waals surface area contributed by atoms with Crippen molar-refractivity contribution in [2.75, 3.05) is 10.6 Å². The van der Waals surface area contributed by atoms with E-state index in [0.29, 0.717) is 0 Å². The molecule has 1 amide bonds. The molecule has 20 heavy (non-hydrogen) atoms. The number of nitrogens with two attached hydrogens (primary N) is 1. The maximum atomic E-state index is 13.2. The minimum absolute atomic E-state index is 0.0499. The predicted molar refractivity (Wildman–Crippen MR) is 69.1 cm³/mol. The Kier molecular flexibility index (Phi) is 2.92. The maximum Gasteiger partial charge on any atom is 0.418 e. The molecule has 1 aromatic carbocycles. The molecule has 3 nitrogen and oxygen atoms in total. The molecule has 1 saturated carbocycles. The molecule has 2 aliphatic heterocycles. The van der Waals surface area contributed by atoms with Crippen LogP contribution in [0.15, 0.2) is 18.2 Å². The van der Waals surface area contributed by atoms with Gasteiger partial charge in [-0.1, -0.05) is 0 Å². The van der Waals surface area contributed by atoms with Crippen molar-refractivity contribution in [2.24, 2.45) is 5.92 Å². The first kappa shape index (κ1) is 13.3. The quantitative estimate of drug-likeness (QED) is 0.805. The average molecular weight is 284 g/mol. The Morgan fingerprint density at radius 1 is 1.15 bits per heavy atom. The molecule has 2 bridgehead atoms. The summed E-state index contributed by atoms with van der Waals surface area (Å²) in [6, 6.07) is 3.53. The number of hydrogen-bond donors (Lipinski definition) is 1. The third-order valence-corrected chi connectivity index (χ3v) is 4.23. The molecular formula is C14H15F3N2O. The molecule has 0 spiro atoms. The molecule has 3 fully saturated rings. The van der Waals surface area contributed by atoms with Crippen LogP contribution in [-0.4, -0.2) is 11.9 Å². The van der Waals surface area contributed by atoms with Crippen LogP contribution in [0.1, 0.15) is 31.2 Å². The van der Waals surface area contributed by atoms with E-state index >= 15 is 0 Å². The summed E-state index contributed by atoms with van der Waals surface area (Å²) in [6.45, 7) is 0. The second kappa shape index (κ2) is 4.40. The Hall–Kier alpha value is -1.72. The molecule has 6 heteroatoms. The van der Waals surface area contributed by atoms with E-state index in [1.165, 1.54) is 17.0 Å². The number of carbonyl (C=O) groups is 1. The summed E-state index contributed by atoms with van der Waals surface area (Å²) in [5.74, 6) is -0.304. The normalized spacial score (nSPS) is 26.1. The number of nitrogen functional groups attached to an aromatic ring is 1. The molecule has 2 heterocycles. The Balaban J connectivity index is 2.08. The lowest BCUT2D eigenvalue weighted by molar-refractivity contribution is -0.137. The fraction of sp³-hybridized carbons (Fsp3) is 0.500. The second-order valence-electron chi connectivity index (χ2n) is 5.49. The lowest BCUT2D eigenvalue weighted by Gasteiger charge is -2.45. The van der Waals surface area contributed by atoms with Crippen LogP contribution >= 0.6 is 0 Å². The van der Waals surface area contributed by atoms with Gasteiger partial charge in [-0.25, -0.2) is 0 Å². The number of amides is 1. The smallest absolute Gasteiger partial charge is 0.399 e. The molecule has 0 unspecified atom stereocenters. The molecule has 2 N–H and O–H groups in total. The number of piperidine rings is 2. The fourth-order valence-electron chi connectivity index (χ4n) is 3.26. The van der Waals surface area contributed by atoms with Crippen molar-refractivity contribution in [2.45, 2.75) is 37.9 Å². The van der Waals surface area contributed by atoms with E-state index in [9.17, 15) is 18.0 Å². The first-order chi connectivity index (χ1) is 9.38. The molecule has 1 aromatic rings. The van der Waals surface area contributed by atoms with E-state index in [0.717, 1.165) is 31.7 Å². The van der Waals surface area contributed by atoms with Gasteiger partial charge in [-0.15, -0.1) is 0 Å². The first-order valence-electron chi connectivity index (χ1n) is 6.67. The summed E-state index contributed by atoms with van der Waals surface area (Å²) >= 11 is 0. The first-order valence-corrected chi connectivity index (χ1v) is 6.67. The van der Waals surface area contributed by atoms with Gasteiger partial charge in [-0.2, -0.15) is 13.2 Å². The molecule has 2 saturated heterocycles. The monoisotopic (exact) mass is 284 g/mol. The molecule has 0 radical (unpaired) electrons. The van der Waals surface area contributed by atoms with Crippen molar-refractivity contribution < 1.29 is 18.0 Å². The highest BCUT2D eigenvalue weighted by atomic mass is 19.4. The van der Waals surface area contributed by atoms with Crippen molar-refractivity contribution in [3.63, 3.8) is 0 Å². The van der Waals surface area contributed by atoms with E-state index in [1.54, 1.807) is 0 Å². The molecule has 4 rings (SSSR count). The van der Waals surface area contributed by atoms with Crippen LogP contribution in [0.25, 0.3) is 0 Å². The van der Waals surface area contributed by atoms with Crippen molar-refractivity contribution in [1.29, 1.82) is 0 Å². The van der Waals surface area contributed by atoms with Gasteiger partial charge in [0.05, 0.1) is 11.3 Å². The van der Waals surface area contributed by atoms with Gasteiger partial charge in [0.2, 0.25) is 5.91 Å².